The number of rotatable bonds is 3. The van der Waals surface area contributed by atoms with Crippen LogP contribution in [0.1, 0.15) is 12.0 Å². The Labute approximate surface area is 68.6 Å². The second-order valence-corrected chi connectivity index (χ2v) is 2.48. The van der Waals surface area contributed by atoms with Crippen LogP contribution in [0.3, 0.4) is 0 Å². The van der Waals surface area contributed by atoms with Gasteiger partial charge in [-0.1, -0.05) is 0 Å². The third-order valence-corrected chi connectivity index (χ3v) is 1.54. The van der Waals surface area contributed by atoms with Gasteiger partial charge in [0.05, 0.1) is 6.20 Å². The smallest absolute Gasteiger partial charge is 0.303 e. The first-order valence-corrected chi connectivity index (χ1v) is 3.49. The minimum Gasteiger partial charge on any atom is -0.481 e. The molecule has 0 unspecified atom stereocenters. The molecule has 0 spiro atoms. The molecule has 0 aliphatic heterocycles. The molecule has 0 aliphatic rings. The highest BCUT2D eigenvalue weighted by Crippen LogP contribution is 2.07. The van der Waals surface area contributed by atoms with Crippen molar-refractivity contribution in [1.82, 2.24) is 9.78 Å². The van der Waals surface area contributed by atoms with E-state index in [9.17, 15) is 9.18 Å². The van der Waals surface area contributed by atoms with Crippen molar-refractivity contribution in [3.05, 3.63) is 17.7 Å². The second-order valence-electron chi connectivity index (χ2n) is 2.48. The summed E-state index contributed by atoms with van der Waals surface area (Å²) >= 11 is 0. The highest BCUT2D eigenvalue weighted by molar-refractivity contribution is 5.67. The standard InChI is InChI=1S/C7H9FN2O2/c1-10-7(8)5(4-9-10)2-3-6(11)12/h4H,2-3H2,1H3,(H,11,12). The number of aliphatic carboxylic acids is 1. The van der Waals surface area contributed by atoms with Crippen LogP contribution in [-0.4, -0.2) is 20.9 Å². The molecule has 1 aromatic rings. The molecule has 0 fully saturated rings. The molecule has 0 bridgehead atoms. The van der Waals surface area contributed by atoms with E-state index < -0.39 is 11.9 Å². The summed E-state index contributed by atoms with van der Waals surface area (Å²) in [7, 11) is 1.47. The quantitative estimate of drug-likeness (QED) is 0.725. The van der Waals surface area contributed by atoms with Gasteiger partial charge in [-0.3, -0.25) is 4.79 Å². The maximum Gasteiger partial charge on any atom is 0.303 e. The van der Waals surface area contributed by atoms with Crippen LogP contribution in [0.25, 0.3) is 0 Å². The summed E-state index contributed by atoms with van der Waals surface area (Å²) in [5, 5.41) is 12.0. The van der Waals surface area contributed by atoms with E-state index in [-0.39, 0.29) is 12.8 Å². The highest BCUT2D eigenvalue weighted by Gasteiger charge is 2.08. The van der Waals surface area contributed by atoms with Crippen LogP contribution >= 0.6 is 0 Å². The molecular weight excluding hydrogens is 163 g/mol. The summed E-state index contributed by atoms with van der Waals surface area (Å²) in [6.07, 6.45) is 1.47. The molecule has 0 radical (unpaired) electrons. The lowest BCUT2D eigenvalue weighted by Gasteiger charge is -1.93. The largest absolute Gasteiger partial charge is 0.481 e. The predicted octanol–water partition coefficient (Wildman–Crippen LogP) is 0.576. The van der Waals surface area contributed by atoms with Gasteiger partial charge in [0.25, 0.3) is 0 Å². The monoisotopic (exact) mass is 172 g/mol. The van der Waals surface area contributed by atoms with E-state index in [0.717, 1.165) is 4.68 Å². The van der Waals surface area contributed by atoms with Crippen molar-refractivity contribution >= 4 is 5.97 Å². The number of aromatic nitrogens is 2. The Morgan fingerprint density at radius 2 is 2.50 bits per heavy atom. The van der Waals surface area contributed by atoms with E-state index in [4.69, 9.17) is 5.11 Å². The second kappa shape index (κ2) is 3.34. The molecule has 0 saturated carbocycles. The van der Waals surface area contributed by atoms with E-state index in [1.165, 1.54) is 13.2 Å². The zero-order valence-electron chi connectivity index (χ0n) is 6.62. The average Bonchev–Trinajstić information content (AvgIpc) is 2.30. The Hall–Kier alpha value is -1.39. The molecule has 0 atom stereocenters. The van der Waals surface area contributed by atoms with Crippen molar-refractivity contribution in [2.24, 2.45) is 7.05 Å². The molecule has 0 amide bonds. The molecule has 12 heavy (non-hydrogen) atoms. The van der Waals surface area contributed by atoms with Gasteiger partial charge in [0, 0.05) is 19.0 Å². The molecule has 1 heterocycles. The lowest BCUT2D eigenvalue weighted by Crippen LogP contribution is -2.00. The van der Waals surface area contributed by atoms with E-state index in [0.29, 0.717) is 5.56 Å². The molecular formula is C7H9FN2O2. The molecule has 0 aromatic carbocycles. The molecule has 4 nitrogen and oxygen atoms in total. The van der Waals surface area contributed by atoms with E-state index in [1.807, 2.05) is 0 Å². The van der Waals surface area contributed by atoms with Gasteiger partial charge >= 0.3 is 5.97 Å². The van der Waals surface area contributed by atoms with E-state index in [2.05, 4.69) is 5.10 Å². The number of hydrogen-bond donors (Lipinski definition) is 1. The molecule has 0 saturated heterocycles. The number of carboxylic acids is 1. The number of halogens is 1. The van der Waals surface area contributed by atoms with E-state index >= 15 is 0 Å². The third kappa shape index (κ3) is 1.81. The van der Waals surface area contributed by atoms with Gasteiger partial charge in [0.2, 0.25) is 5.95 Å². The summed E-state index contributed by atoms with van der Waals surface area (Å²) in [6.45, 7) is 0. The highest BCUT2D eigenvalue weighted by atomic mass is 19.1. The summed E-state index contributed by atoms with van der Waals surface area (Å²) in [4.78, 5) is 10.1. The topological polar surface area (TPSA) is 55.1 Å². The third-order valence-electron chi connectivity index (χ3n) is 1.54. The normalized spacial score (nSPS) is 10.2. The maximum atomic E-state index is 12.9. The number of aryl methyl sites for hydroxylation is 2. The SMILES string of the molecule is Cn1ncc(CCC(=O)O)c1F. The van der Waals surface area contributed by atoms with Crippen LogP contribution in [0.5, 0.6) is 0 Å². The molecule has 1 rings (SSSR count). The summed E-state index contributed by atoms with van der Waals surface area (Å²) in [5.74, 6) is -1.39. The maximum absolute atomic E-state index is 12.9. The molecule has 0 aliphatic carbocycles. The van der Waals surface area contributed by atoms with Gasteiger partial charge < -0.3 is 5.11 Å². The number of carboxylic acid groups (broad SMARTS) is 1. The van der Waals surface area contributed by atoms with Crippen LogP contribution in [0.2, 0.25) is 0 Å². The van der Waals surface area contributed by atoms with Gasteiger partial charge in [0.1, 0.15) is 0 Å². The number of hydrogen-bond acceptors (Lipinski definition) is 2. The fourth-order valence-corrected chi connectivity index (χ4v) is 0.877. The van der Waals surface area contributed by atoms with Crippen LogP contribution in [0, 0.1) is 5.95 Å². The van der Waals surface area contributed by atoms with Gasteiger partial charge in [-0.25, -0.2) is 4.68 Å². The summed E-state index contributed by atoms with van der Waals surface area (Å²) in [5.41, 5.74) is 0.347. The van der Waals surface area contributed by atoms with Crippen molar-refractivity contribution in [2.75, 3.05) is 0 Å². The molecule has 1 aromatic heterocycles. The van der Waals surface area contributed by atoms with Gasteiger partial charge in [-0.05, 0) is 6.42 Å². The molecule has 1 N–H and O–H groups in total. The van der Waals surface area contributed by atoms with Crippen molar-refractivity contribution in [3.63, 3.8) is 0 Å². The van der Waals surface area contributed by atoms with Gasteiger partial charge in [-0.15, -0.1) is 0 Å². The average molecular weight is 172 g/mol. The fraction of sp³-hybridized carbons (Fsp3) is 0.429. The van der Waals surface area contributed by atoms with Gasteiger partial charge in [-0.2, -0.15) is 9.49 Å². The molecule has 66 valence electrons. The Bertz CT molecular complexity index is 296. The van der Waals surface area contributed by atoms with Crippen LogP contribution in [-0.2, 0) is 18.3 Å². The van der Waals surface area contributed by atoms with Crippen molar-refractivity contribution in [2.45, 2.75) is 12.8 Å². The van der Waals surface area contributed by atoms with E-state index in [1.54, 1.807) is 0 Å². The van der Waals surface area contributed by atoms with Gasteiger partial charge in [0.15, 0.2) is 0 Å². The molecule has 5 heteroatoms. The summed E-state index contributed by atoms with van der Waals surface area (Å²) < 4.78 is 14.0. The summed E-state index contributed by atoms with van der Waals surface area (Å²) in [6, 6.07) is 0. The lowest BCUT2D eigenvalue weighted by atomic mass is 10.2. The van der Waals surface area contributed by atoms with Crippen LogP contribution in [0.15, 0.2) is 6.20 Å². The lowest BCUT2D eigenvalue weighted by molar-refractivity contribution is -0.136. The van der Waals surface area contributed by atoms with Crippen LogP contribution < -0.4 is 0 Å². The number of nitrogens with zero attached hydrogens (tertiary/aromatic N) is 2. The Kier molecular flexibility index (Phi) is 2.42. The Balaban J connectivity index is 2.63. The minimum absolute atomic E-state index is 0.0669. The van der Waals surface area contributed by atoms with Crippen molar-refractivity contribution in [3.8, 4) is 0 Å². The van der Waals surface area contributed by atoms with Crippen LogP contribution in [0.4, 0.5) is 4.39 Å². The zero-order valence-corrected chi connectivity index (χ0v) is 6.62. The first kappa shape index (κ1) is 8.70. The Morgan fingerprint density at radius 3 is 2.92 bits per heavy atom. The first-order chi connectivity index (χ1) is 5.61. The van der Waals surface area contributed by atoms with Crippen molar-refractivity contribution in [1.29, 1.82) is 0 Å². The van der Waals surface area contributed by atoms with Crippen molar-refractivity contribution < 1.29 is 14.3 Å². The Morgan fingerprint density at radius 1 is 1.83 bits per heavy atom. The zero-order chi connectivity index (χ0) is 9.14. The fourth-order valence-electron chi connectivity index (χ4n) is 0.877. The first-order valence-electron chi connectivity index (χ1n) is 3.49. The predicted molar refractivity (Wildman–Crippen MR) is 39.1 cm³/mol. The minimum atomic E-state index is -0.932. The number of carbonyl (C=O) groups is 1.